The molecule has 14 nitrogen and oxygen atoms in total. The van der Waals surface area contributed by atoms with Crippen LogP contribution in [0, 0.1) is 11.7 Å². The Bertz CT molecular complexity index is 2530. The molecule has 0 bridgehead atoms. The summed E-state index contributed by atoms with van der Waals surface area (Å²) in [5, 5.41) is 22.9. The molecule has 0 unspecified atom stereocenters. The van der Waals surface area contributed by atoms with Gasteiger partial charge in [0.15, 0.2) is 0 Å². The van der Waals surface area contributed by atoms with Crippen molar-refractivity contribution in [3.8, 4) is 22.8 Å². The number of ether oxygens (including phenoxy) is 2. The first-order chi connectivity index (χ1) is 32.4. The summed E-state index contributed by atoms with van der Waals surface area (Å²) in [4.78, 5) is 53.3. The van der Waals surface area contributed by atoms with Crippen molar-refractivity contribution in [3.05, 3.63) is 130 Å². The molecule has 354 valence electrons. The number of halogens is 2. The van der Waals surface area contributed by atoms with Crippen molar-refractivity contribution < 1.29 is 33.4 Å². The second kappa shape index (κ2) is 24.4. The van der Waals surface area contributed by atoms with Gasteiger partial charge >= 0.3 is 0 Å². The van der Waals surface area contributed by atoms with E-state index in [4.69, 9.17) is 36.8 Å². The maximum Gasteiger partial charge on any atom is 0.255 e. The Labute approximate surface area is 396 Å². The Morgan fingerprint density at radius 2 is 1.55 bits per heavy atom. The SMILES string of the molecule is COc1cc(Nc2ncc3c(n2)-c2ccc(Cl)cc2C(c2c(F)cccc2OC)=NC3)ccc1C(=O)NCCCCCCCCNC(=O)[C@H](CC(C)C)NC(=O)[C@@H](O)[C@H](N)Cc1ccccc1. The quantitative estimate of drug-likeness (QED) is 0.0353. The van der Waals surface area contributed by atoms with Crippen molar-refractivity contribution in [2.24, 2.45) is 16.6 Å². The highest BCUT2D eigenvalue weighted by Crippen LogP contribution is 2.36. The first kappa shape index (κ1) is 50.0. The molecule has 3 atom stereocenters. The van der Waals surface area contributed by atoms with Crippen LogP contribution in [0.4, 0.5) is 16.0 Å². The third kappa shape index (κ3) is 13.6. The molecule has 6 rings (SSSR count). The third-order valence-corrected chi connectivity index (χ3v) is 11.7. The number of hydrogen-bond acceptors (Lipinski definition) is 11. The molecule has 2 heterocycles. The van der Waals surface area contributed by atoms with Crippen molar-refractivity contribution in [2.45, 2.75) is 89.9 Å². The van der Waals surface area contributed by atoms with Gasteiger partial charge in [-0.15, -0.1) is 0 Å². The molecule has 1 aromatic heterocycles. The minimum absolute atomic E-state index is 0.143. The van der Waals surface area contributed by atoms with Gasteiger partial charge in [0.25, 0.3) is 11.8 Å². The first-order valence-corrected chi connectivity index (χ1v) is 23.1. The number of benzene rings is 4. The van der Waals surface area contributed by atoms with Gasteiger partial charge in [-0.25, -0.2) is 14.4 Å². The average molecular weight is 936 g/mol. The molecule has 1 aliphatic rings. The lowest BCUT2D eigenvalue weighted by Gasteiger charge is -2.24. The van der Waals surface area contributed by atoms with E-state index in [0.717, 1.165) is 49.7 Å². The molecule has 0 saturated carbocycles. The van der Waals surface area contributed by atoms with Gasteiger partial charge in [-0.05, 0) is 73.6 Å². The molecule has 0 fully saturated rings. The molecule has 1 aliphatic heterocycles. The number of nitrogens with one attached hydrogen (secondary N) is 4. The van der Waals surface area contributed by atoms with Gasteiger partial charge in [-0.2, -0.15) is 0 Å². The molecule has 3 amide bonds. The van der Waals surface area contributed by atoms with Crippen LogP contribution in [0.3, 0.4) is 0 Å². The highest BCUT2D eigenvalue weighted by atomic mass is 35.5. The average Bonchev–Trinajstić information content (AvgIpc) is 3.47. The van der Waals surface area contributed by atoms with Crippen LogP contribution in [0.2, 0.25) is 5.02 Å². The first-order valence-electron chi connectivity index (χ1n) is 22.7. The number of aliphatic hydroxyl groups is 1. The number of nitrogens with two attached hydrogens (primary N) is 1. The fourth-order valence-corrected chi connectivity index (χ4v) is 8.10. The van der Waals surface area contributed by atoms with E-state index in [2.05, 4.69) is 26.3 Å². The van der Waals surface area contributed by atoms with Crippen LogP contribution in [-0.2, 0) is 22.6 Å². The standard InChI is InChI=1S/C51H60ClFN8O6/c1-31(2)25-41(60-50(65)47(62)40(54)26-32-15-10-9-11-16-32)49(64)56-24-13-8-6-5-7-12-23-55-48(63)37-22-20-35(28-43(37)67-4)59-51-58-30-33-29-57-46(44-39(53)17-14-18-42(44)66-3)38-27-34(52)19-21-36(38)45(33)61-51/h9-11,14-22,27-28,30-31,40-41,47,62H,5-8,12-13,23-26,29,54H2,1-4H3,(H,55,63)(H,56,64)(H,60,65)(H,58,59,61)/t40-,41+,47+/m1/s1. The normalized spacial score (nSPS) is 13.2. The summed E-state index contributed by atoms with van der Waals surface area (Å²) >= 11 is 6.46. The number of carbonyl (C=O) groups excluding carboxylic acids is 3. The van der Waals surface area contributed by atoms with Gasteiger partial charge in [0.1, 0.15) is 29.5 Å². The van der Waals surface area contributed by atoms with Gasteiger partial charge < -0.3 is 41.6 Å². The van der Waals surface area contributed by atoms with Crippen molar-refractivity contribution in [1.82, 2.24) is 25.9 Å². The Morgan fingerprint density at radius 3 is 2.27 bits per heavy atom. The number of aliphatic hydroxyl groups excluding tert-OH is 1. The van der Waals surface area contributed by atoms with E-state index in [1.54, 1.807) is 48.7 Å². The maximum absolute atomic E-state index is 15.3. The molecule has 67 heavy (non-hydrogen) atoms. The molecule has 7 N–H and O–H groups in total. The Kier molecular flexibility index (Phi) is 18.2. The lowest BCUT2D eigenvalue weighted by Crippen LogP contribution is -2.54. The van der Waals surface area contributed by atoms with Gasteiger partial charge in [-0.3, -0.25) is 19.4 Å². The van der Waals surface area contributed by atoms with Crippen LogP contribution in [0.1, 0.15) is 91.4 Å². The summed E-state index contributed by atoms with van der Waals surface area (Å²) in [5.74, 6) is -0.508. The van der Waals surface area contributed by atoms with E-state index in [9.17, 15) is 19.5 Å². The zero-order valence-corrected chi connectivity index (χ0v) is 39.2. The van der Waals surface area contributed by atoms with Crippen LogP contribution in [0.15, 0.2) is 96.1 Å². The summed E-state index contributed by atoms with van der Waals surface area (Å²) in [6.45, 7) is 5.10. The molecule has 5 aromatic rings. The molecule has 0 spiro atoms. The van der Waals surface area contributed by atoms with Crippen molar-refractivity contribution in [1.29, 1.82) is 0 Å². The van der Waals surface area contributed by atoms with E-state index in [1.165, 1.54) is 20.3 Å². The molecular weight excluding hydrogens is 875 g/mol. The Morgan fingerprint density at radius 1 is 0.836 bits per heavy atom. The fraction of sp³-hybridized carbons (Fsp3) is 0.373. The number of hydrogen-bond donors (Lipinski definition) is 6. The minimum Gasteiger partial charge on any atom is -0.496 e. The number of rotatable bonds is 23. The number of aromatic nitrogens is 2. The van der Waals surface area contributed by atoms with Crippen molar-refractivity contribution >= 4 is 46.7 Å². The van der Waals surface area contributed by atoms with Crippen LogP contribution in [0.5, 0.6) is 11.5 Å². The summed E-state index contributed by atoms with van der Waals surface area (Å²) in [5.41, 5.74) is 11.3. The lowest BCUT2D eigenvalue weighted by molar-refractivity contribution is -0.135. The highest BCUT2D eigenvalue weighted by molar-refractivity contribution is 6.31. The monoisotopic (exact) mass is 934 g/mol. The lowest BCUT2D eigenvalue weighted by atomic mass is 9.94. The highest BCUT2D eigenvalue weighted by Gasteiger charge is 2.29. The third-order valence-electron chi connectivity index (χ3n) is 11.4. The molecular formula is C51H60ClFN8O6. The van der Waals surface area contributed by atoms with Crippen LogP contribution < -0.4 is 36.5 Å². The van der Waals surface area contributed by atoms with Gasteiger partial charge in [0, 0.05) is 58.8 Å². The molecule has 4 aromatic carbocycles. The number of carbonyl (C=O) groups is 3. The number of anilines is 2. The summed E-state index contributed by atoms with van der Waals surface area (Å²) in [6.07, 6.45) is 6.36. The summed E-state index contributed by atoms with van der Waals surface area (Å²) in [7, 11) is 2.99. The number of unbranched alkanes of at least 4 members (excludes halogenated alkanes) is 5. The predicted octanol–water partition coefficient (Wildman–Crippen LogP) is 7.70. The van der Waals surface area contributed by atoms with E-state index >= 15 is 4.39 Å². The van der Waals surface area contributed by atoms with Crippen LogP contribution >= 0.6 is 11.6 Å². The summed E-state index contributed by atoms with van der Waals surface area (Å²) < 4.78 is 26.4. The van der Waals surface area contributed by atoms with Gasteiger partial charge in [-0.1, -0.05) is 93.6 Å². The largest absolute Gasteiger partial charge is 0.496 e. The van der Waals surface area contributed by atoms with E-state index in [-0.39, 0.29) is 29.8 Å². The Balaban J connectivity index is 0.931. The smallest absolute Gasteiger partial charge is 0.255 e. The minimum atomic E-state index is -1.45. The van der Waals surface area contributed by atoms with Crippen LogP contribution in [-0.4, -0.2) is 84.0 Å². The molecule has 16 heteroatoms. The number of fused-ring (bicyclic) bond motifs is 3. The summed E-state index contributed by atoms with van der Waals surface area (Å²) in [6, 6.07) is 22.9. The topological polar surface area (TPSA) is 202 Å². The number of amides is 3. The molecule has 0 saturated heterocycles. The van der Waals surface area contributed by atoms with Crippen molar-refractivity contribution in [3.63, 3.8) is 0 Å². The zero-order valence-electron chi connectivity index (χ0n) is 38.4. The van der Waals surface area contributed by atoms with Gasteiger partial charge in [0.2, 0.25) is 11.9 Å². The zero-order chi connectivity index (χ0) is 47.9. The van der Waals surface area contributed by atoms with Crippen LogP contribution in [0.25, 0.3) is 11.3 Å². The number of nitrogens with zero attached hydrogens (tertiary/aromatic N) is 3. The fourth-order valence-electron chi connectivity index (χ4n) is 7.93. The van der Waals surface area contributed by atoms with Gasteiger partial charge in [0.05, 0.1) is 43.3 Å². The number of methoxy groups -OCH3 is 2. The molecule has 0 aliphatic carbocycles. The van der Waals surface area contributed by atoms with E-state index in [0.29, 0.717) is 82.2 Å². The predicted molar refractivity (Wildman–Crippen MR) is 260 cm³/mol. The maximum atomic E-state index is 15.3. The Hall–Kier alpha value is -6.42. The second-order valence-electron chi connectivity index (χ2n) is 16.9. The van der Waals surface area contributed by atoms with E-state index in [1.807, 2.05) is 50.2 Å². The van der Waals surface area contributed by atoms with E-state index < -0.39 is 29.9 Å². The second-order valence-corrected chi connectivity index (χ2v) is 17.4. The molecule has 0 radical (unpaired) electrons. The van der Waals surface area contributed by atoms with Crippen molar-refractivity contribution in [2.75, 3.05) is 32.6 Å². The number of aliphatic imine (C=N–C) groups is 1.